The Hall–Kier alpha value is -3.41. The zero-order valence-corrected chi connectivity index (χ0v) is 26.6. The molecular weight excluding hydrogens is 582 g/mol. The Kier molecular flexibility index (Phi) is 7.79. The van der Waals surface area contributed by atoms with Gasteiger partial charge in [-0.15, -0.1) is 3.89 Å². The second kappa shape index (κ2) is 11.2. The van der Waals surface area contributed by atoms with Crippen molar-refractivity contribution in [3.8, 4) is 11.1 Å². The lowest BCUT2D eigenvalue weighted by atomic mass is 9.74. The molecule has 0 unspecified atom stereocenters. The van der Waals surface area contributed by atoms with Gasteiger partial charge in [0.05, 0.1) is 11.2 Å². The maximum absolute atomic E-state index is 13.9. The molecular formula is C33H38BFN2O6S. The second-order valence-electron chi connectivity index (χ2n) is 12.9. The number of nitrogens with zero attached hydrogens (tertiary/aromatic N) is 2. The lowest BCUT2D eigenvalue weighted by Crippen LogP contribution is -2.49. The number of rotatable bonds is 6. The number of hydrogen-bond acceptors (Lipinski definition) is 7. The molecule has 3 aromatic rings. The van der Waals surface area contributed by atoms with E-state index in [1.54, 1.807) is 17.9 Å². The van der Waals surface area contributed by atoms with E-state index in [1.807, 2.05) is 58.0 Å². The summed E-state index contributed by atoms with van der Waals surface area (Å²) in [6, 6.07) is 20.1. The molecule has 3 aliphatic rings. The van der Waals surface area contributed by atoms with Crippen LogP contribution in [-0.2, 0) is 30.0 Å². The summed E-state index contributed by atoms with van der Waals surface area (Å²) < 4.78 is 55.7. The molecule has 2 heterocycles. The number of fused-ring (bicyclic) bond motifs is 3. The van der Waals surface area contributed by atoms with Crippen molar-refractivity contribution in [1.29, 1.82) is 0 Å². The van der Waals surface area contributed by atoms with Crippen LogP contribution in [-0.4, -0.2) is 70.5 Å². The third-order valence-corrected chi connectivity index (χ3v) is 10.3. The van der Waals surface area contributed by atoms with Crippen LogP contribution in [0, 0.1) is 6.92 Å². The lowest BCUT2D eigenvalue weighted by Gasteiger charge is -2.36. The van der Waals surface area contributed by atoms with E-state index >= 15 is 0 Å². The number of hydrogen-bond donors (Lipinski definition) is 0. The number of anilines is 1. The van der Waals surface area contributed by atoms with Crippen LogP contribution in [0.2, 0.25) is 0 Å². The maximum Gasteiger partial charge on any atom is 0.495 e. The summed E-state index contributed by atoms with van der Waals surface area (Å²) in [5, 5.41) is 0. The number of carbonyl (C=O) groups excluding carboxylic acids is 1. The topological polar surface area (TPSA) is 85.4 Å². The molecule has 2 fully saturated rings. The molecule has 0 saturated carbocycles. The highest BCUT2D eigenvalue weighted by atomic mass is 32.3. The van der Waals surface area contributed by atoms with Gasteiger partial charge in [-0.3, -0.25) is 0 Å². The Balaban J connectivity index is 1.16. The van der Waals surface area contributed by atoms with Crippen molar-refractivity contribution < 1.29 is 31.1 Å². The number of amides is 1. The van der Waals surface area contributed by atoms with E-state index in [1.165, 1.54) is 11.1 Å². The molecule has 3 aromatic carbocycles. The Morgan fingerprint density at radius 3 is 2.02 bits per heavy atom. The monoisotopic (exact) mass is 620 g/mol. The molecule has 0 aromatic heterocycles. The molecule has 0 radical (unpaired) electrons. The van der Waals surface area contributed by atoms with E-state index in [2.05, 4.69) is 29.2 Å². The highest BCUT2D eigenvalue weighted by molar-refractivity contribution is 7.85. The summed E-state index contributed by atoms with van der Waals surface area (Å²) >= 11 is 0. The van der Waals surface area contributed by atoms with Gasteiger partial charge >= 0.3 is 23.4 Å². The lowest BCUT2D eigenvalue weighted by molar-refractivity contribution is 0.00578. The van der Waals surface area contributed by atoms with Crippen LogP contribution in [0.3, 0.4) is 0 Å². The summed E-state index contributed by atoms with van der Waals surface area (Å²) in [4.78, 5) is 16.9. The molecule has 44 heavy (non-hydrogen) atoms. The predicted molar refractivity (Wildman–Crippen MR) is 169 cm³/mol. The minimum absolute atomic E-state index is 0.0150. The van der Waals surface area contributed by atoms with Gasteiger partial charge < -0.3 is 23.8 Å². The summed E-state index contributed by atoms with van der Waals surface area (Å²) in [7, 11) is -5.51. The summed E-state index contributed by atoms with van der Waals surface area (Å²) in [5.41, 5.74) is 5.85. The molecule has 1 aliphatic carbocycles. The van der Waals surface area contributed by atoms with Crippen molar-refractivity contribution in [2.45, 2.75) is 57.5 Å². The van der Waals surface area contributed by atoms with Crippen LogP contribution >= 0.6 is 0 Å². The van der Waals surface area contributed by atoms with E-state index < -0.39 is 34.3 Å². The van der Waals surface area contributed by atoms with E-state index in [-0.39, 0.29) is 18.6 Å². The normalized spacial score (nSPS) is 19.2. The number of benzene rings is 3. The molecule has 6 rings (SSSR count). The van der Waals surface area contributed by atoms with Gasteiger partial charge in [0, 0.05) is 37.8 Å². The smallest absolute Gasteiger partial charge is 0.448 e. The SMILES string of the molecule is Cc1c(CS(=O)(=O)F)cc(N2CCN(C(=O)OCC3c4ccccc4-c4ccccc43)CC2)cc1B1OC(C)(C)C(C)(C)O1. The van der Waals surface area contributed by atoms with Gasteiger partial charge in [0.25, 0.3) is 0 Å². The van der Waals surface area contributed by atoms with Crippen LogP contribution in [0.1, 0.15) is 55.9 Å². The van der Waals surface area contributed by atoms with Crippen molar-refractivity contribution in [1.82, 2.24) is 4.90 Å². The largest absolute Gasteiger partial charge is 0.495 e. The average molecular weight is 621 g/mol. The van der Waals surface area contributed by atoms with Gasteiger partial charge in [-0.05, 0) is 85.6 Å². The molecule has 0 N–H and O–H groups in total. The highest BCUT2D eigenvalue weighted by Crippen LogP contribution is 2.44. The van der Waals surface area contributed by atoms with Crippen LogP contribution in [0.4, 0.5) is 14.4 Å². The molecule has 232 valence electrons. The fourth-order valence-electron chi connectivity index (χ4n) is 6.35. The van der Waals surface area contributed by atoms with Crippen LogP contribution in [0.5, 0.6) is 0 Å². The van der Waals surface area contributed by atoms with Crippen molar-refractivity contribution in [2.24, 2.45) is 0 Å². The Morgan fingerprint density at radius 1 is 0.932 bits per heavy atom. The number of piperazine rings is 1. The Morgan fingerprint density at radius 2 is 1.48 bits per heavy atom. The minimum Gasteiger partial charge on any atom is -0.448 e. The van der Waals surface area contributed by atoms with E-state index in [9.17, 15) is 17.1 Å². The van der Waals surface area contributed by atoms with Crippen LogP contribution in [0.15, 0.2) is 60.7 Å². The van der Waals surface area contributed by atoms with Gasteiger partial charge in [-0.25, -0.2) is 4.79 Å². The zero-order valence-electron chi connectivity index (χ0n) is 25.8. The summed E-state index contributed by atoms with van der Waals surface area (Å²) in [5.74, 6) is -0.752. The zero-order chi connectivity index (χ0) is 31.4. The van der Waals surface area contributed by atoms with Gasteiger partial charge in [0.2, 0.25) is 0 Å². The number of carbonyl (C=O) groups is 1. The fourth-order valence-corrected chi connectivity index (χ4v) is 7.02. The third-order valence-electron chi connectivity index (χ3n) is 9.61. The van der Waals surface area contributed by atoms with E-state index in [0.717, 1.165) is 16.8 Å². The number of halogens is 1. The first kappa shape index (κ1) is 30.6. The van der Waals surface area contributed by atoms with Crippen molar-refractivity contribution in [3.63, 3.8) is 0 Å². The summed E-state index contributed by atoms with van der Waals surface area (Å²) in [6.45, 7) is 11.6. The predicted octanol–water partition coefficient (Wildman–Crippen LogP) is 5.16. The minimum atomic E-state index is -4.77. The van der Waals surface area contributed by atoms with Gasteiger partial charge in [-0.1, -0.05) is 48.5 Å². The van der Waals surface area contributed by atoms with Gasteiger partial charge in [0.15, 0.2) is 0 Å². The van der Waals surface area contributed by atoms with Crippen molar-refractivity contribution in [3.05, 3.63) is 82.9 Å². The van der Waals surface area contributed by atoms with Crippen molar-refractivity contribution >= 4 is 34.6 Å². The van der Waals surface area contributed by atoms with Gasteiger partial charge in [0.1, 0.15) is 12.4 Å². The highest BCUT2D eigenvalue weighted by Gasteiger charge is 2.52. The molecule has 11 heteroatoms. The molecule has 1 amide bonds. The van der Waals surface area contributed by atoms with Crippen molar-refractivity contribution in [2.75, 3.05) is 37.7 Å². The molecule has 0 atom stereocenters. The molecule has 0 spiro atoms. The molecule has 0 bridgehead atoms. The van der Waals surface area contributed by atoms with Gasteiger partial charge in [-0.2, -0.15) is 8.42 Å². The fraction of sp³-hybridized carbons (Fsp3) is 0.424. The van der Waals surface area contributed by atoms with Crippen LogP contribution < -0.4 is 10.4 Å². The standard InChI is InChI=1S/C33H38BFN2O6S/c1-22-23(21-44(35,39)40)18-24(19-30(22)34-42-32(2,3)33(4,5)43-34)36-14-16-37(17-15-36)31(38)41-20-29-27-12-8-6-10-25(27)26-11-7-9-13-28(26)29/h6-13,18-19,29H,14-17,20-21H2,1-5H3. The maximum atomic E-state index is 13.9. The van der Waals surface area contributed by atoms with Crippen LogP contribution in [0.25, 0.3) is 11.1 Å². The summed E-state index contributed by atoms with van der Waals surface area (Å²) in [6.07, 6.45) is -0.363. The van der Waals surface area contributed by atoms with E-state index in [0.29, 0.717) is 42.8 Å². The average Bonchev–Trinajstić information content (AvgIpc) is 3.40. The first-order valence-corrected chi connectivity index (χ1v) is 16.6. The number of ether oxygens (including phenoxy) is 1. The Bertz CT molecular complexity index is 1640. The Labute approximate surface area is 259 Å². The third kappa shape index (κ3) is 5.73. The molecule has 8 nitrogen and oxygen atoms in total. The second-order valence-corrected chi connectivity index (χ2v) is 14.2. The first-order chi connectivity index (χ1) is 20.7. The van der Waals surface area contributed by atoms with E-state index in [4.69, 9.17) is 14.0 Å². The molecule has 2 saturated heterocycles. The molecule has 2 aliphatic heterocycles. The first-order valence-electron chi connectivity index (χ1n) is 15.0. The quantitative estimate of drug-likeness (QED) is 0.278.